The molecule has 53 valence electrons. The molecule has 0 aromatic rings. The van der Waals surface area contributed by atoms with Crippen molar-refractivity contribution < 1.29 is 4.74 Å². The Bertz CT molecular complexity index is 69.3. The number of rotatable bonds is 3. The van der Waals surface area contributed by atoms with Gasteiger partial charge in [0.05, 0.1) is 6.10 Å². The quantitative estimate of drug-likeness (QED) is 0.610. The molecular weight excluding hydrogens is 114 g/mol. The lowest BCUT2D eigenvalue weighted by molar-refractivity contribution is 0.112. The molecule has 1 radical (unpaired) electrons. The van der Waals surface area contributed by atoms with Crippen LogP contribution in [0.4, 0.5) is 0 Å². The van der Waals surface area contributed by atoms with Crippen molar-refractivity contribution in [1.29, 1.82) is 0 Å². The average Bonchev–Trinajstić information content (AvgIpc) is 2.34. The number of ether oxygens (including phenoxy) is 1. The minimum absolute atomic E-state index is 0.473. The van der Waals surface area contributed by atoms with Crippen LogP contribution in [0, 0.1) is 6.54 Å². The molecule has 0 aromatic carbocycles. The second kappa shape index (κ2) is 3.85. The second-order valence-electron chi connectivity index (χ2n) is 2.33. The summed E-state index contributed by atoms with van der Waals surface area (Å²) in [6, 6.07) is 0. The van der Waals surface area contributed by atoms with E-state index in [2.05, 4.69) is 5.32 Å². The first-order chi connectivity index (χ1) is 4.43. The lowest BCUT2D eigenvalue weighted by atomic mass is 10.2. The Morgan fingerprint density at radius 1 is 1.78 bits per heavy atom. The molecule has 0 bridgehead atoms. The molecule has 1 heterocycles. The van der Waals surface area contributed by atoms with Crippen LogP contribution in [0.3, 0.4) is 0 Å². The number of nitrogens with one attached hydrogen (secondary N) is 1. The standard InChI is InChI=1S/C7H14NO/c1-2-8-6-7-4-3-5-9-7/h2,7-8H,3-6H2,1H3. The number of hydrogen-bond acceptors (Lipinski definition) is 2. The van der Waals surface area contributed by atoms with Crippen LogP contribution in [-0.2, 0) is 4.74 Å². The molecule has 9 heavy (non-hydrogen) atoms. The van der Waals surface area contributed by atoms with Gasteiger partial charge in [0.1, 0.15) is 0 Å². The average molecular weight is 128 g/mol. The first-order valence-corrected chi connectivity index (χ1v) is 3.56. The normalized spacial score (nSPS) is 27.0. The Kier molecular flexibility index (Phi) is 3.01. The van der Waals surface area contributed by atoms with Gasteiger partial charge in [0.2, 0.25) is 0 Å². The van der Waals surface area contributed by atoms with E-state index in [1.807, 2.05) is 13.5 Å². The highest BCUT2D eigenvalue weighted by Crippen LogP contribution is 2.10. The zero-order chi connectivity index (χ0) is 6.53. The molecule has 0 aliphatic carbocycles. The monoisotopic (exact) mass is 128 g/mol. The van der Waals surface area contributed by atoms with Gasteiger partial charge in [-0.2, -0.15) is 0 Å². The highest BCUT2D eigenvalue weighted by molar-refractivity contribution is 4.68. The Labute approximate surface area is 56.6 Å². The molecule has 1 saturated heterocycles. The summed E-state index contributed by atoms with van der Waals surface area (Å²) >= 11 is 0. The minimum atomic E-state index is 0.473. The molecule has 0 aromatic heterocycles. The summed E-state index contributed by atoms with van der Waals surface area (Å²) in [5.74, 6) is 0. The van der Waals surface area contributed by atoms with E-state index < -0.39 is 0 Å². The topological polar surface area (TPSA) is 21.3 Å². The molecule has 1 N–H and O–H groups in total. The Balaban J connectivity index is 1.98. The van der Waals surface area contributed by atoms with E-state index in [0.717, 1.165) is 13.2 Å². The molecule has 1 atom stereocenters. The van der Waals surface area contributed by atoms with Crippen LogP contribution in [0.1, 0.15) is 19.8 Å². The third-order valence-electron chi connectivity index (χ3n) is 1.57. The highest BCUT2D eigenvalue weighted by Gasteiger charge is 2.13. The summed E-state index contributed by atoms with van der Waals surface area (Å²) in [7, 11) is 0. The molecule has 1 unspecified atom stereocenters. The van der Waals surface area contributed by atoms with E-state index in [-0.39, 0.29) is 0 Å². The fraction of sp³-hybridized carbons (Fsp3) is 0.857. The molecule has 2 heteroatoms. The van der Waals surface area contributed by atoms with Gasteiger partial charge >= 0.3 is 0 Å². The Morgan fingerprint density at radius 3 is 3.22 bits per heavy atom. The summed E-state index contributed by atoms with van der Waals surface area (Å²) in [5.41, 5.74) is 0. The van der Waals surface area contributed by atoms with Gasteiger partial charge in [0.25, 0.3) is 0 Å². The van der Waals surface area contributed by atoms with Gasteiger partial charge in [-0.25, -0.2) is 0 Å². The van der Waals surface area contributed by atoms with Crippen molar-refractivity contribution in [3.05, 3.63) is 6.54 Å². The van der Waals surface area contributed by atoms with Gasteiger partial charge in [0, 0.05) is 19.7 Å². The van der Waals surface area contributed by atoms with Crippen molar-refractivity contribution in [2.75, 3.05) is 13.2 Å². The number of hydrogen-bond donors (Lipinski definition) is 1. The second-order valence-corrected chi connectivity index (χ2v) is 2.33. The maximum atomic E-state index is 5.37. The molecule has 0 amide bonds. The van der Waals surface area contributed by atoms with Crippen LogP contribution in [0.5, 0.6) is 0 Å². The zero-order valence-corrected chi connectivity index (χ0v) is 5.89. The van der Waals surface area contributed by atoms with Crippen molar-refractivity contribution in [2.24, 2.45) is 0 Å². The summed E-state index contributed by atoms with van der Waals surface area (Å²) < 4.78 is 5.37. The van der Waals surface area contributed by atoms with Crippen molar-refractivity contribution in [1.82, 2.24) is 5.32 Å². The van der Waals surface area contributed by atoms with Crippen molar-refractivity contribution in [3.8, 4) is 0 Å². The fourth-order valence-electron chi connectivity index (χ4n) is 1.05. The maximum Gasteiger partial charge on any atom is 0.0700 e. The lowest BCUT2D eigenvalue weighted by Gasteiger charge is -2.07. The van der Waals surface area contributed by atoms with Crippen molar-refractivity contribution >= 4 is 0 Å². The van der Waals surface area contributed by atoms with Gasteiger partial charge in [-0.05, 0) is 19.8 Å². The largest absolute Gasteiger partial charge is 0.377 e. The molecule has 1 fully saturated rings. The van der Waals surface area contributed by atoms with Crippen LogP contribution >= 0.6 is 0 Å². The van der Waals surface area contributed by atoms with Gasteiger partial charge < -0.3 is 10.1 Å². The van der Waals surface area contributed by atoms with Crippen LogP contribution in [0.25, 0.3) is 0 Å². The Morgan fingerprint density at radius 2 is 2.67 bits per heavy atom. The highest BCUT2D eigenvalue weighted by atomic mass is 16.5. The molecule has 1 aliphatic heterocycles. The van der Waals surface area contributed by atoms with E-state index in [0.29, 0.717) is 6.10 Å². The van der Waals surface area contributed by atoms with Gasteiger partial charge in [-0.15, -0.1) is 0 Å². The fourth-order valence-corrected chi connectivity index (χ4v) is 1.05. The van der Waals surface area contributed by atoms with Gasteiger partial charge in [-0.1, -0.05) is 0 Å². The summed E-state index contributed by atoms with van der Waals surface area (Å²) in [5, 5.41) is 3.14. The first kappa shape index (κ1) is 7.03. The summed E-state index contributed by atoms with van der Waals surface area (Å²) in [6.07, 6.45) is 2.93. The third-order valence-corrected chi connectivity index (χ3v) is 1.57. The SMILES string of the molecule is C[CH]NCC1CCCO1. The smallest absolute Gasteiger partial charge is 0.0700 e. The molecule has 0 spiro atoms. The van der Waals surface area contributed by atoms with Crippen LogP contribution in [-0.4, -0.2) is 19.3 Å². The predicted octanol–water partition coefficient (Wildman–Crippen LogP) is 0.937. The van der Waals surface area contributed by atoms with Crippen molar-refractivity contribution in [3.63, 3.8) is 0 Å². The van der Waals surface area contributed by atoms with Crippen LogP contribution < -0.4 is 5.32 Å². The van der Waals surface area contributed by atoms with Gasteiger partial charge in [0.15, 0.2) is 0 Å². The summed E-state index contributed by atoms with van der Waals surface area (Å²) in [6.45, 7) is 5.89. The maximum absolute atomic E-state index is 5.37. The third kappa shape index (κ3) is 2.33. The lowest BCUT2D eigenvalue weighted by Crippen LogP contribution is -2.23. The van der Waals surface area contributed by atoms with Crippen molar-refractivity contribution in [2.45, 2.75) is 25.9 Å². The van der Waals surface area contributed by atoms with E-state index in [4.69, 9.17) is 4.74 Å². The molecule has 0 saturated carbocycles. The Hall–Kier alpha value is -0.0800. The van der Waals surface area contributed by atoms with Gasteiger partial charge in [-0.3, -0.25) is 0 Å². The predicted molar refractivity (Wildman–Crippen MR) is 37.0 cm³/mol. The first-order valence-electron chi connectivity index (χ1n) is 3.56. The molecule has 1 aliphatic rings. The van der Waals surface area contributed by atoms with E-state index >= 15 is 0 Å². The molecular formula is C7H14NO. The summed E-state index contributed by atoms with van der Waals surface area (Å²) in [4.78, 5) is 0. The zero-order valence-electron chi connectivity index (χ0n) is 5.89. The van der Waals surface area contributed by atoms with Crippen LogP contribution in [0.15, 0.2) is 0 Å². The molecule has 2 nitrogen and oxygen atoms in total. The van der Waals surface area contributed by atoms with E-state index in [1.165, 1.54) is 12.8 Å². The van der Waals surface area contributed by atoms with E-state index in [9.17, 15) is 0 Å². The molecule has 1 rings (SSSR count). The minimum Gasteiger partial charge on any atom is -0.377 e. The van der Waals surface area contributed by atoms with Crippen LogP contribution in [0.2, 0.25) is 0 Å². The van der Waals surface area contributed by atoms with E-state index in [1.54, 1.807) is 0 Å².